The number of benzene rings is 2. The summed E-state index contributed by atoms with van der Waals surface area (Å²) in [5, 5.41) is 13.8. The highest BCUT2D eigenvalue weighted by atomic mass is 16.3. The third-order valence-corrected chi connectivity index (χ3v) is 6.06. The number of nitrogens with zero attached hydrogens (tertiary/aromatic N) is 1. The number of phenolic OH excluding ortho intramolecular Hbond substituents is 1. The molecule has 2 aromatic rings. The molecule has 0 radical (unpaired) electrons. The zero-order valence-electron chi connectivity index (χ0n) is 16.8. The van der Waals surface area contributed by atoms with Crippen molar-refractivity contribution in [3.05, 3.63) is 65.2 Å². The summed E-state index contributed by atoms with van der Waals surface area (Å²) in [4.78, 5) is 14.0. The Morgan fingerprint density at radius 3 is 2.75 bits per heavy atom. The third-order valence-electron chi connectivity index (χ3n) is 6.06. The summed E-state index contributed by atoms with van der Waals surface area (Å²) in [7, 11) is 4.20. The van der Waals surface area contributed by atoms with Gasteiger partial charge in [-0.05, 0) is 75.1 Å². The molecule has 5 nitrogen and oxygen atoms in total. The molecule has 150 valence electrons. The van der Waals surface area contributed by atoms with E-state index in [-0.39, 0.29) is 5.41 Å². The molecule has 2 unspecified atom stereocenters. The first-order chi connectivity index (χ1) is 13.4. The number of primary amides is 1. The van der Waals surface area contributed by atoms with Crippen LogP contribution in [-0.4, -0.2) is 49.6 Å². The molecule has 0 aromatic heterocycles. The van der Waals surface area contributed by atoms with Crippen LogP contribution in [-0.2, 0) is 11.8 Å². The fourth-order valence-electron chi connectivity index (χ4n) is 4.58. The fraction of sp³-hybridized carbons (Fsp3) is 0.435. The van der Waals surface area contributed by atoms with Crippen LogP contribution in [0.5, 0.6) is 5.75 Å². The molecule has 5 heteroatoms. The van der Waals surface area contributed by atoms with Gasteiger partial charge in [-0.15, -0.1) is 0 Å². The maximum Gasteiger partial charge on any atom is 0.248 e. The number of phenols is 1. The topological polar surface area (TPSA) is 78.6 Å². The second-order valence-electron chi connectivity index (χ2n) is 8.14. The van der Waals surface area contributed by atoms with Crippen molar-refractivity contribution < 1.29 is 9.90 Å². The molecule has 4 N–H and O–H groups in total. The minimum absolute atomic E-state index is 0.0801. The molecule has 1 amide bonds. The molecule has 0 aliphatic carbocycles. The van der Waals surface area contributed by atoms with Gasteiger partial charge in [0.15, 0.2) is 0 Å². The lowest BCUT2D eigenvalue weighted by atomic mass is 9.63. The molecule has 1 aliphatic rings. The second-order valence-corrected chi connectivity index (χ2v) is 8.14. The van der Waals surface area contributed by atoms with Gasteiger partial charge in [-0.1, -0.05) is 30.3 Å². The quantitative estimate of drug-likeness (QED) is 0.689. The predicted octanol–water partition coefficient (Wildman–Crippen LogP) is 2.53. The molecular weight excluding hydrogens is 350 g/mol. The minimum atomic E-state index is -0.393. The van der Waals surface area contributed by atoms with E-state index in [4.69, 9.17) is 5.73 Å². The van der Waals surface area contributed by atoms with Gasteiger partial charge < -0.3 is 21.1 Å². The summed E-state index contributed by atoms with van der Waals surface area (Å²) < 4.78 is 0. The van der Waals surface area contributed by atoms with Crippen LogP contribution >= 0.6 is 0 Å². The first kappa shape index (κ1) is 20.4. The van der Waals surface area contributed by atoms with E-state index in [2.05, 4.69) is 30.4 Å². The Kier molecular flexibility index (Phi) is 6.37. The van der Waals surface area contributed by atoms with E-state index in [9.17, 15) is 9.90 Å². The van der Waals surface area contributed by atoms with Crippen LogP contribution in [0.15, 0.2) is 48.5 Å². The largest absolute Gasteiger partial charge is 0.508 e. The Bertz CT molecular complexity index is 821. The summed E-state index contributed by atoms with van der Waals surface area (Å²) in [5.74, 6) is 0.350. The van der Waals surface area contributed by atoms with E-state index in [1.165, 1.54) is 5.56 Å². The first-order valence-electron chi connectivity index (χ1n) is 9.95. The van der Waals surface area contributed by atoms with Gasteiger partial charge in [-0.25, -0.2) is 0 Å². The Balaban J connectivity index is 2.00. The van der Waals surface area contributed by atoms with Gasteiger partial charge in [0.2, 0.25) is 5.91 Å². The Morgan fingerprint density at radius 1 is 1.25 bits per heavy atom. The number of hydrogen-bond acceptors (Lipinski definition) is 4. The summed E-state index contributed by atoms with van der Waals surface area (Å²) in [5.41, 5.74) is 8.18. The van der Waals surface area contributed by atoms with Crippen molar-refractivity contribution in [2.45, 2.75) is 24.7 Å². The molecule has 1 aliphatic heterocycles. The molecule has 0 spiro atoms. The molecule has 2 atom stereocenters. The number of aryl methyl sites for hydroxylation is 1. The number of nitrogens with two attached hydrogens (primary N) is 1. The molecule has 1 saturated heterocycles. The molecule has 0 saturated carbocycles. The number of hydrogen-bond donors (Lipinski definition) is 3. The lowest BCUT2D eigenvalue weighted by molar-refractivity contribution is 0.0999. The Morgan fingerprint density at radius 2 is 2.04 bits per heavy atom. The fourth-order valence-corrected chi connectivity index (χ4v) is 4.58. The molecule has 1 fully saturated rings. The van der Waals surface area contributed by atoms with Gasteiger partial charge in [0, 0.05) is 24.1 Å². The highest BCUT2D eigenvalue weighted by Gasteiger charge is 2.42. The van der Waals surface area contributed by atoms with Gasteiger partial charge >= 0.3 is 0 Å². The van der Waals surface area contributed by atoms with Crippen molar-refractivity contribution >= 4 is 5.91 Å². The van der Waals surface area contributed by atoms with Crippen LogP contribution < -0.4 is 11.1 Å². The smallest absolute Gasteiger partial charge is 0.248 e. The van der Waals surface area contributed by atoms with Crippen molar-refractivity contribution in [3.63, 3.8) is 0 Å². The molecule has 3 rings (SSSR count). The molecule has 28 heavy (non-hydrogen) atoms. The van der Waals surface area contributed by atoms with Gasteiger partial charge in [-0.3, -0.25) is 4.79 Å². The van der Waals surface area contributed by atoms with Crippen LogP contribution in [0, 0.1) is 5.92 Å². The van der Waals surface area contributed by atoms with Crippen LogP contribution in [0.4, 0.5) is 0 Å². The SMILES string of the molecule is CN(C)CC1CNCCC1(CCc1ccccc1O)c1cccc(C(N)=O)c1. The summed E-state index contributed by atoms with van der Waals surface area (Å²) in [6.45, 7) is 2.82. The molecular formula is C23H31N3O2. The van der Waals surface area contributed by atoms with Gasteiger partial charge in [0.05, 0.1) is 0 Å². The zero-order chi connectivity index (χ0) is 20.1. The van der Waals surface area contributed by atoms with Crippen LogP contribution in [0.3, 0.4) is 0 Å². The number of carbonyl (C=O) groups is 1. The van der Waals surface area contributed by atoms with Crippen molar-refractivity contribution in [2.75, 3.05) is 33.7 Å². The van der Waals surface area contributed by atoms with E-state index in [0.717, 1.165) is 44.5 Å². The number of nitrogens with one attached hydrogen (secondary N) is 1. The summed E-state index contributed by atoms with van der Waals surface area (Å²) >= 11 is 0. The van der Waals surface area contributed by atoms with Gasteiger partial charge in [-0.2, -0.15) is 0 Å². The highest BCUT2D eigenvalue weighted by molar-refractivity contribution is 5.93. The van der Waals surface area contributed by atoms with Gasteiger partial charge in [0.1, 0.15) is 5.75 Å². The number of aromatic hydroxyl groups is 1. The number of carbonyl (C=O) groups excluding carboxylic acids is 1. The highest BCUT2D eigenvalue weighted by Crippen LogP contribution is 2.43. The Labute approximate surface area is 167 Å². The number of para-hydroxylation sites is 1. The van der Waals surface area contributed by atoms with Crippen molar-refractivity contribution in [3.8, 4) is 5.75 Å². The number of piperidine rings is 1. The monoisotopic (exact) mass is 381 g/mol. The van der Waals surface area contributed by atoms with E-state index in [0.29, 0.717) is 17.2 Å². The van der Waals surface area contributed by atoms with Crippen molar-refractivity contribution in [1.29, 1.82) is 0 Å². The molecule has 0 bridgehead atoms. The van der Waals surface area contributed by atoms with E-state index in [1.54, 1.807) is 12.1 Å². The summed E-state index contributed by atoms with van der Waals surface area (Å²) in [6, 6.07) is 15.4. The first-order valence-corrected chi connectivity index (χ1v) is 9.95. The van der Waals surface area contributed by atoms with Crippen molar-refractivity contribution in [1.82, 2.24) is 10.2 Å². The predicted molar refractivity (Wildman–Crippen MR) is 113 cm³/mol. The van der Waals surface area contributed by atoms with Gasteiger partial charge in [0.25, 0.3) is 0 Å². The standard InChI is InChI=1S/C23H31N3O2/c1-26(2)16-20-15-25-13-12-23(20,11-10-17-6-3-4-9-21(17)27)19-8-5-7-18(14-19)22(24)28/h3-9,14,20,25,27H,10-13,15-16H2,1-2H3,(H2,24,28). The second kappa shape index (κ2) is 8.76. The normalized spacial score (nSPS) is 22.3. The minimum Gasteiger partial charge on any atom is -0.508 e. The zero-order valence-corrected chi connectivity index (χ0v) is 16.8. The molecule has 2 aromatic carbocycles. The number of rotatable bonds is 7. The van der Waals surface area contributed by atoms with Crippen LogP contribution in [0.25, 0.3) is 0 Å². The maximum absolute atomic E-state index is 11.8. The van der Waals surface area contributed by atoms with Crippen LogP contribution in [0.2, 0.25) is 0 Å². The van der Waals surface area contributed by atoms with E-state index >= 15 is 0 Å². The Hall–Kier alpha value is -2.37. The van der Waals surface area contributed by atoms with E-state index in [1.807, 2.05) is 30.3 Å². The number of amides is 1. The van der Waals surface area contributed by atoms with Crippen LogP contribution in [0.1, 0.15) is 34.3 Å². The average molecular weight is 382 g/mol. The average Bonchev–Trinajstić information content (AvgIpc) is 2.68. The molecule has 1 heterocycles. The lowest BCUT2D eigenvalue weighted by Crippen LogP contribution is -2.52. The summed E-state index contributed by atoms with van der Waals surface area (Å²) in [6.07, 6.45) is 2.69. The third kappa shape index (κ3) is 4.37. The maximum atomic E-state index is 11.8. The van der Waals surface area contributed by atoms with Crippen molar-refractivity contribution in [2.24, 2.45) is 11.7 Å². The van der Waals surface area contributed by atoms with E-state index < -0.39 is 5.91 Å². The lowest BCUT2D eigenvalue weighted by Gasteiger charge is -2.46.